The summed E-state index contributed by atoms with van der Waals surface area (Å²) in [5.41, 5.74) is 6.94. The lowest BCUT2D eigenvalue weighted by atomic mass is 10.0. The molecule has 0 aliphatic carbocycles. The molecule has 2 aromatic carbocycles. The predicted octanol–water partition coefficient (Wildman–Crippen LogP) is 4.04. The number of ether oxygens (including phenoxy) is 1. The minimum atomic E-state index is -0.663. The van der Waals surface area contributed by atoms with Gasteiger partial charge in [0.05, 0.1) is 0 Å². The summed E-state index contributed by atoms with van der Waals surface area (Å²) >= 11 is 0. The molecular formula is C16H17F2NO. The molecule has 2 aromatic rings. The predicted molar refractivity (Wildman–Crippen MR) is 74.8 cm³/mol. The highest BCUT2D eigenvalue weighted by molar-refractivity contribution is 5.34. The van der Waals surface area contributed by atoms with Crippen LogP contribution < -0.4 is 10.5 Å². The number of halogens is 2. The van der Waals surface area contributed by atoms with Crippen molar-refractivity contribution in [3.05, 3.63) is 59.7 Å². The van der Waals surface area contributed by atoms with E-state index < -0.39 is 11.6 Å². The molecule has 0 aromatic heterocycles. The monoisotopic (exact) mass is 277 g/mol. The van der Waals surface area contributed by atoms with Gasteiger partial charge in [0.25, 0.3) is 0 Å². The van der Waals surface area contributed by atoms with Gasteiger partial charge in [0.1, 0.15) is 23.1 Å². The Morgan fingerprint density at radius 3 is 2.40 bits per heavy atom. The third-order valence-corrected chi connectivity index (χ3v) is 2.99. The summed E-state index contributed by atoms with van der Waals surface area (Å²) in [6.45, 7) is 2.03. The second-order valence-electron chi connectivity index (χ2n) is 4.73. The molecule has 0 aliphatic rings. The Morgan fingerprint density at radius 1 is 1.05 bits per heavy atom. The molecule has 0 radical (unpaired) electrons. The zero-order valence-corrected chi connectivity index (χ0v) is 11.3. The highest BCUT2D eigenvalue weighted by atomic mass is 19.1. The lowest BCUT2D eigenvalue weighted by Crippen LogP contribution is -2.21. The molecule has 2 nitrogen and oxygen atoms in total. The highest BCUT2D eigenvalue weighted by Gasteiger charge is 2.05. The first-order valence-corrected chi connectivity index (χ1v) is 6.55. The van der Waals surface area contributed by atoms with E-state index in [1.54, 1.807) is 6.07 Å². The normalized spacial score (nSPS) is 12.2. The van der Waals surface area contributed by atoms with E-state index in [-0.39, 0.29) is 11.8 Å². The largest absolute Gasteiger partial charge is 0.457 e. The smallest absolute Gasteiger partial charge is 0.133 e. The Kier molecular flexibility index (Phi) is 4.69. The first-order valence-electron chi connectivity index (χ1n) is 6.55. The first kappa shape index (κ1) is 14.5. The van der Waals surface area contributed by atoms with E-state index >= 15 is 0 Å². The molecule has 0 spiro atoms. The lowest BCUT2D eigenvalue weighted by Gasteiger charge is -2.11. The van der Waals surface area contributed by atoms with Crippen molar-refractivity contribution >= 4 is 0 Å². The molecule has 2 rings (SSSR count). The molecule has 2 N–H and O–H groups in total. The third kappa shape index (κ3) is 4.03. The van der Waals surface area contributed by atoms with Crippen LogP contribution in [0.5, 0.6) is 11.5 Å². The Labute approximate surface area is 117 Å². The molecule has 1 unspecified atom stereocenters. The van der Waals surface area contributed by atoms with E-state index in [4.69, 9.17) is 10.5 Å². The third-order valence-electron chi connectivity index (χ3n) is 2.99. The molecule has 0 saturated heterocycles. The van der Waals surface area contributed by atoms with Crippen molar-refractivity contribution in [3.8, 4) is 11.5 Å². The molecule has 106 valence electrons. The number of benzene rings is 2. The summed E-state index contributed by atoms with van der Waals surface area (Å²) in [4.78, 5) is 0. The van der Waals surface area contributed by atoms with E-state index in [1.807, 2.05) is 25.1 Å². The van der Waals surface area contributed by atoms with Crippen LogP contribution >= 0.6 is 0 Å². The molecule has 4 heteroatoms. The van der Waals surface area contributed by atoms with Gasteiger partial charge in [-0.25, -0.2) is 8.78 Å². The van der Waals surface area contributed by atoms with Crippen molar-refractivity contribution in [2.24, 2.45) is 5.73 Å². The minimum absolute atomic E-state index is 0.0943. The summed E-state index contributed by atoms with van der Waals surface area (Å²) in [6.07, 6.45) is 1.63. The molecular weight excluding hydrogens is 260 g/mol. The zero-order valence-electron chi connectivity index (χ0n) is 11.3. The van der Waals surface area contributed by atoms with Crippen LogP contribution in [0.4, 0.5) is 8.78 Å². The van der Waals surface area contributed by atoms with Crippen LogP contribution in [0.1, 0.15) is 18.9 Å². The maximum atomic E-state index is 13.1. The molecule has 20 heavy (non-hydrogen) atoms. The second kappa shape index (κ2) is 6.48. The van der Waals surface area contributed by atoms with Crippen molar-refractivity contribution in [1.29, 1.82) is 0 Å². The molecule has 0 saturated carbocycles. The number of rotatable bonds is 5. The van der Waals surface area contributed by atoms with Crippen molar-refractivity contribution < 1.29 is 13.5 Å². The maximum absolute atomic E-state index is 13.1. The highest BCUT2D eigenvalue weighted by Crippen LogP contribution is 2.24. The summed E-state index contributed by atoms with van der Waals surface area (Å²) in [7, 11) is 0. The van der Waals surface area contributed by atoms with Crippen molar-refractivity contribution in [3.63, 3.8) is 0 Å². The summed E-state index contributed by atoms with van der Waals surface area (Å²) in [6, 6.07) is 10.6. The van der Waals surface area contributed by atoms with Crippen LogP contribution in [0.25, 0.3) is 0 Å². The zero-order chi connectivity index (χ0) is 14.5. The standard InChI is InChI=1S/C16H17F2NO/c1-2-14(19)6-11-4-3-5-15(7-11)20-16-9-12(17)8-13(18)10-16/h3-5,7-10,14H,2,6,19H2,1H3. The van der Waals surface area contributed by atoms with Crippen molar-refractivity contribution in [1.82, 2.24) is 0 Å². The number of hydrogen-bond donors (Lipinski definition) is 1. The molecule has 1 atom stereocenters. The van der Waals surface area contributed by atoms with Gasteiger partial charge in [0, 0.05) is 24.2 Å². The Bertz CT molecular complexity index is 566. The maximum Gasteiger partial charge on any atom is 0.133 e. The molecule has 0 aliphatic heterocycles. The number of hydrogen-bond acceptors (Lipinski definition) is 2. The van der Waals surface area contributed by atoms with Crippen LogP contribution in [0.15, 0.2) is 42.5 Å². The van der Waals surface area contributed by atoms with Crippen LogP contribution in [0, 0.1) is 11.6 Å². The van der Waals surface area contributed by atoms with E-state index in [0.717, 1.165) is 36.6 Å². The quantitative estimate of drug-likeness (QED) is 0.895. The fourth-order valence-electron chi connectivity index (χ4n) is 1.91. The molecule has 0 fully saturated rings. The average Bonchev–Trinajstić information content (AvgIpc) is 2.37. The van der Waals surface area contributed by atoms with Crippen molar-refractivity contribution in [2.45, 2.75) is 25.8 Å². The van der Waals surface area contributed by atoms with E-state index in [2.05, 4.69) is 0 Å². The second-order valence-corrected chi connectivity index (χ2v) is 4.73. The molecule has 0 heterocycles. The van der Waals surface area contributed by atoms with Gasteiger partial charge in [0.2, 0.25) is 0 Å². The average molecular weight is 277 g/mol. The van der Waals surface area contributed by atoms with Gasteiger partial charge in [-0.15, -0.1) is 0 Å². The number of nitrogens with two attached hydrogens (primary N) is 1. The summed E-state index contributed by atoms with van der Waals surface area (Å²) in [5.74, 6) is -0.649. The van der Waals surface area contributed by atoms with E-state index in [9.17, 15) is 8.78 Å². The van der Waals surface area contributed by atoms with Gasteiger partial charge < -0.3 is 10.5 Å². The van der Waals surface area contributed by atoms with Crippen LogP contribution in [-0.2, 0) is 6.42 Å². The lowest BCUT2D eigenvalue weighted by molar-refractivity contribution is 0.467. The van der Waals surface area contributed by atoms with Gasteiger partial charge >= 0.3 is 0 Å². The molecule has 0 amide bonds. The van der Waals surface area contributed by atoms with E-state index in [1.165, 1.54) is 0 Å². The molecule has 0 bridgehead atoms. The summed E-state index contributed by atoms with van der Waals surface area (Å²) < 4.78 is 31.7. The summed E-state index contributed by atoms with van der Waals surface area (Å²) in [5, 5.41) is 0. The SMILES string of the molecule is CCC(N)Cc1cccc(Oc2cc(F)cc(F)c2)c1. The van der Waals surface area contributed by atoms with E-state index in [0.29, 0.717) is 5.75 Å². The van der Waals surface area contributed by atoms with Gasteiger partial charge in [-0.2, -0.15) is 0 Å². The van der Waals surface area contributed by atoms with Crippen LogP contribution in [-0.4, -0.2) is 6.04 Å². The Balaban J connectivity index is 2.15. The van der Waals surface area contributed by atoms with Gasteiger partial charge in [-0.3, -0.25) is 0 Å². The van der Waals surface area contributed by atoms with Crippen LogP contribution in [0.2, 0.25) is 0 Å². The Morgan fingerprint density at radius 2 is 1.75 bits per heavy atom. The fourth-order valence-corrected chi connectivity index (χ4v) is 1.91. The minimum Gasteiger partial charge on any atom is -0.457 e. The van der Waals surface area contributed by atoms with Gasteiger partial charge in [0.15, 0.2) is 0 Å². The Hall–Kier alpha value is -1.94. The van der Waals surface area contributed by atoms with Gasteiger partial charge in [-0.1, -0.05) is 19.1 Å². The van der Waals surface area contributed by atoms with Gasteiger partial charge in [-0.05, 0) is 30.5 Å². The van der Waals surface area contributed by atoms with Crippen molar-refractivity contribution in [2.75, 3.05) is 0 Å². The van der Waals surface area contributed by atoms with Crippen LogP contribution in [0.3, 0.4) is 0 Å². The topological polar surface area (TPSA) is 35.2 Å². The first-order chi connectivity index (χ1) is 9.56. The fraction of sp³-hybridized carbons (Fsp3) is 0.250.